The van der Waals surface area contributed by atoms with Gasteiger partial charge in [0.15, 0.2) is 17.5 Å². The zero-order chi connectivity index (χ0) is 17.4. The highest BCUT2D eigenvalue weighted by Crippen LogP contribution is 2.32. The molecular formula is C18H30N4O2. The minimum atomic E-state index is 0.318. The fraction of sp³-hybridized carbons (Fsp3) is 0.611. The number of ether oxygens (including phenoxy) is 2. The number of rotatable bonds is 8. The second kappa shape index (κ2) is 9.37. The average Bonchev–Trinajstić information content (AvgIpc) is 3.06. The summed E-state index contributed by atoms with van der Waals surface area (Å²) in [5.74, 6) is 2.51. The van der Waals surface area contributed by atoms with Gasteiger partial charge >= 0.3 is 0 Å². The molecule has 0 fully saturated rings. The lowest BCUT2D eigenvalue weighted by Gasteiger charge is -2.27. The molecule has 24 heavy (non-hydrogen) atoms. The highest BCUT2D eigenvalue weighted by Gasteiger charge is 2.13. The number of aliphatic imine (C=N–C) groups is 1. The Morgan fingerprint density at radius 3 is 2.67 bits per heavy atom. The minimum absolute atomic E-state index is 0.318. The maximum Gasteiger partial charge on any atom is 0.231 e. The van der Waals surface area contributed by atoms with E-state index in [4.69, 9.17) is 9.47 Å². The number of hydrogen-bond acceptors (Lipinski definition) is 4. The van der Waals surface area contributed by atoms with Crippen LogP contribution >= 0.6 is 0 Å². The summed E-state index contributed by atoms with van der Waals surface area (Å²) in [5, 5.41) is 6.76. The monoisotopic (exact) mass is 334 g/mol. The van der Waals surface area contributed by atoms with E-state index < -0.39 is 0 Å². The van der Waals surface area contributed by atoms with Crippen molar-refractivity contribution in [2.24, 2.45) is 4.99 Å². The van der Waals surface area contributed by atoms with Gasteiger partial charge < -0.3 is 20.1 Å². The van der Waals surface area contributed by atoms with Crippen molar-refractivity contribution in [2.45, 2.75) is 33.2 Å². The van der Waals surface area contributed by atoms with Crippen LogP contribution in [0, 0.1) is 0 Å². The molecule has 0 amide bonds. The first-order chi connectivity index (χ1) is 11.7. The lowest BCUT2D eigenvalue weighted by atomic mass is 10.1. The molecule has 134 valence electrons. The molecule has 1 aliphatic heterocycles. The van der Waals surface area contributed by atoms with E-state index >= 15 is 0 Å². The number of likely N-dealkylation sites (N-methyl/N-ethyl adjacent to an activating group) is 1. The third kappa shape index (κ3) is 5.03. The van der Waals surface area contributed by atoms with E-state index in [1.165, 1.54) is 5.56 Å². The van der Waals surface area contributed by atoms with Gasteiger partial charge in [-0.2, -0.15) is 0 Å². The van der Waals surface area contributed by atoms with E-state index in [-0.39, 0.29) is 0 Å². The first kappa shape index (κ1) is 18.4. The van der Waals surface area contributed by atoms with Crippen LogP contribution in [0.1, 0.15) is 26.3 Å². The number of hydrogen-bond donors (Lipinski definition) is 2. The van der Waals surface area contributed by atoms with Crippen molar-refractivity contribution in [1.29, 1.82) is 0 Å². The first-order valence-electron chi connectivity index (χ1n) is 8.75. The van der Waals surface area contributed by atoms with Crippen LogP contribution < -0.4 is 20.1 Å². The molecule has 0 aromatic heterocycles. The molecule has 1 aromatic carbocycles. The van der Waals surface area contributed by atoms with E-state index in [1.807, 2.05) is 12.1 Å². The molecule has 6 nitrogen and oxygen atoms in total. The lowest BCUT2D eigenvalue weighted by molar-refractivity contribution is 0.174. The zero-order valence-electron chi connectivity index (χ0n) is 15.3. The second-order valence-electron chi connectivity index (χ2n) is 5.89. The molecule has 0 aliphatic carbocycles. The van der Waals surface area contributed by atoms with Crippen LogP contribution in [0.3, 0.4) is 0 Å². The van der Waals surface area contributed by atoms with Crippen LogP contribution in [0.15, 0.2) is 23.2 Å². The summed E-state index contributed by atoms with van der Waals surface area (Å²) in [5.41, 5.74) is 1.22. The third-order valence-electron chi connectivity index (χ3n) is 4.37. The van der Waals surface area contributed by atoms with Gasteiger partial charge in [0.25, 0.3) is 0 Å². The van der Waals surface area contributed by atoms with Crippen LogP contribution in [0.25, 0.3) is 0 Å². The number of guanidine groups is 1. The predicted molar refractivity (Wildman–Crippen MR) is 98.0 cm³/mol. The van der Waals surface area contributed by atoms with Gasteiger partial charge in [-0.25, -0.2) is 0 Å². The van der Waals surface area contributed by atoms with Crippen molar-refractivity contribution >= 4 is 5.96 Å². The van der Waals surface area contributed by atoms with Gasteiger partial charge in [0, 0.05) is 26.2 Å². The Kier molecular flexibility index (Phi) is 7.18. The van der Waals surface area contributed by atoms with Gasteiger partial charge in [-0.3, -0.25) is 9.89 Å². The zero-order valence-corrected chi connectivity index (χ0v) is 15.3. The molecule has 0 bridgehead atoms. The fourth-order valence-electron chi connectivity index (χ4n) is 2.86. The van der Waals surface area contributed by atoms with Crippen molar-refractivity contribution in [3.05, 3.63) is 23.8 Å². The standard InChI is InChI=1S/C18H30N4O2/c1-5-22(6-2)14(3)12-21-18(19-4)20-10-9-15-7-8-16-17(11-15)24-13-23-16/h7-8,11,14H,5-6,9-10,12-13H2,1-4H3,(H2,19,20,21). The molecule has 0 radical (unpaired) electrons. The molecule has 0 saturated carbocycles. The second-order valence-corrected chi connectivity index (χ2v) is 5.89. The first-order valence-corrected chi connectivity index (χ1v) is 8.75. The van der Waals surface area contributed by atoms with Crippen molar-refractivity contribution in [2.75, 3.05) is 40.0 Å². The summed E-state index contributed by atoms with van der Waals surface area (Å²) >= 11 is 0. The van der Waals surface area contributed by atoms with E-state index in [0.717, 1.165) is 50.1 Å². The molecule has 1 heterocycles. The number of nitrogens with zero attached hydrogens (tertiary/aromatic N) is 2. The van der Waals surface area contributed by atoms with Gasteiger partial charge in [0.05, 0.1) is 0 Å². The Morgan fingerprint density at radius 2 is 1.96 bits per heavy atom. The summed E-state index contributed by atoms with van der Waals surface area (Å²) in [4.78, 5) is 6.71. The van der Waals surface area contributed by atoms with Crippen LogP contribution in [-0.2, 0) is 6.42 Å². The van der Waals surface area contributed by atoms with E-state index in [2.05, 4.69) is 47.4 Å². The Hall–Kier alpha value is -1.95. The summed E-state index contributed by atoms with van der Waals surface area (Å²) in [7, 11) is 1.80. The molecule has 1 unspecified atom stereocenters. The predicted octanol–water partition coefficient (Wildman–Crippen LogP) is 1.85. The molecular weight excluding hydrogens is 304 g/mol. The number of fused-ring (bicyclic) bond motifs is 1. The quantitative estimate of drug-likeness (QED) is 0.561. The molecule has 0 saturated heterocycles. The smallest absolute Gasteiger partial charge is 0.231 e. The molecule has 6 heteroatoms. The molecule has 2 N–H and O–H groups in total. The number of nitrogens with one attached hydrogen (secondary N) is 2. The van der Waals surface area contributed by atoms with Crippen molar-refractivity contribution in [3.8, 4) is 11.5 Å². The fourth-order valence-corrected chi connectivity index (χ4v) is 2.86. The Balaban J connectivity index is 1.73. The maximum absolute atomic E-state index is 5.41. The summed E-state index contributed by atoms with van der Waals surface area (Å²) < 4.78 is 10.7. The minimum Gasteiger partial charge on any atom is -0.454 e. The Bertz CT molecular complexity index is 544. The molecule has 0 spiro atoms. The summed E-state index contributed by atoms with van der Waals surface area (Å²) in [6.45, 7) is 10.8. The summed E-state index contributed by atoms with van der Waals surface area (Å²) in [6, 6.07) is 6.57. The van der Waals surface area contributed by atoms with Crippen molar-refractivity contribution < 1.29 is 9.47 Å². The van der Waals surface area contributed by atoms with Gasteiger partial charge in [0.1, 0.15) is 0 Å². The molecule has 1 aromatic rings. The largest absolute Gasteiger partial charge is 0.454 e. The normalized spacial score (nSPS) is 14.8. The van der Waals surface area contributed by atoms with Gasteiger partial charge in [-0.1, -0.05) is 19.9 Å². The lowest BCUT2D eigenvalue weighted by Crippen LogP contribution is -2.46. The Labute approximate surface area is 145 Å². The van der Waals surface area contributed by atoms with Gasteiger partial charge in [-0.05, 0) is 44.1 Å². The molecule has 1 aliphatic rings. The van der Waals surface area contributed by atoms with E-state index in [9.17, 15) is 0 Å². The van der Waals surface area contributed by atoms with Crippen LogP contribution in [0.5, 0.6) is 11.5 Å². The third-order valence-corrected chi connectivity index (χ3v) is 4.37. The maximum atomic E-state index is 5.41. The highest BCUT2D eigenvalue weighted by molar-refractivity contribution is 5.79. The molecule has 1 atom stereocenters. The van der Waals surface area contributed by atoms with Gasteiger partial charge in [0.2, 0.25) is 6.79 Å². The average molecular weight is 334 g/mol. The summed E-state index contributed by atoms with van der Waals surface area (Å²) in [6.07, 6.45) is 0.906. The number of benzene rings is 1. The Morgan fingerprint density at radius 1 is 1.21 bits per heavy atom. The van der Waals surface area contributed by atoms with E-state index in [0.29, 0.717) is 12.8 Å². The van der Waals surface area contributed by atoms with Crippen LogP contribution in [0.2, 0.25) is 0 Å². The topological polar surface area (TPSA) is 58.1 Å². The SMILES string of the molecule is CCN(CC)C(C)CNC(=NC)NCCc1ccc2c(c1)OCO2. The van der Waals surface area contributed by atoms with E-state index in [1.54, 1.807) is 7.05 Å². The van der Waals surface area contributed by atoms with Crippen LogP contribution in [-0.4, -0.2) is 56.9 Å². The van der Waals surface area contributed by atoms with Crippen LogP contribution in [0.4, 0.5) is 0 Å². The highest BCUT2D eigenvalue weighted by atomic mass is 16.7. The van der Waals surface area contributed by atoms with Crippen molar-refractivity contribution in [3.63, 3.8) is 0 Å². The van der Waals surface area contributed by atoms with Crippen molar-refractivity contribution in [1.82, 2.24) is 15.5 Å². The molecule has 2 rings (SSSR count). The van der Waals surface area contributed by atoms with Gasteiger partial charge in [-0.15, -0.1) is 0 Å².